The van der Waals surface area contributed by atoms with Crippen LogP contribution in [0.25, 0.3) is 10.2 Å². The van der Waals surface area contributed by atoms with Crippen LogP contribution in [-0.2, 0) is 9.47 Å². The zero-order valence-electron chi connectivity index (χ0n) is 13.2. The Hall–Kier alpha value is -1.34. The number of thiophene rings is 1. The second kappa shape index (κ2) is 6.04. The first-order valence-corrected chi connectivity index (χ1v) is 8.47. The van der Waals surface area contributed by atoms with Crippen molar-refractivity contribution in [1.82, 2.24) is 4.57 Å². The number of ether oxygens (including phenoxy) is 2. The molecule has 0 aromatic carbocycles. The van der Waals surface area contributed by atoms with Gasteiger partial charge in [0.15, 0.2) is 0 Å². The SMILES string of the molecule is CCOC(=O)c1c(C)c2cc(Br)sc2n1C(=O)OC(C)(C)C. The molecular weight excluding hydrogens is 370 g/mol. The van der Waals surface area contributed by atoms with Crippen molar-refractivity contribution in [2.45, 2.75) is 40.2 Å². The minimum atomic E-state index is -0.651. The molecule has 0 aliphatic heterocycles. The van der Waals surface area contributed by atoms with Crippen LogP contribution in [0.3, 0.4) is 0 Å². The lowest BCUT2D eigenvalue weighted by Gasteiger charge is -2.20. The van der Waals surface area contributed by atoms with Crippen molar-refractivity contribution in [3.8, 4) is 0 Å². The van der Waals surface area contributed by atoms with E-state index < -0.39 is 17.7 Å². The van der Waals surface area contributed by atoms with Crippen molar-refractivity contribution < 1.29 is 19.1 Å². The predicted molar refractivity (Wildman–Crippen MR) is 89.8 cm³/mol. The minimum absolute atomic E-state index is 0.227. The Labute approximate surface area is 141 Å². The van der Waals surface area contributed by atoms with Gasteiger partial charge in [-0.3, -0.25) is 0 Å². The molecule has 0 aliphatic rings. The summed E-state index contributed by atoms with van der Waals surface area (Å²) in [4.78, 5) is 25.5. The molecule has 7 heteroatoms. The summed E-state index contributed by atoms with van der Waals surface area (Å²) >= 11 is 4.79. The maximum Gasteiger partial charge on any atom is 0.420 e. The Kier molecular flexibility index (Phi) is 4.67. The summed E-state index contributed by atoms with van der Waals surface area (Å²) < 4.78 is 12.7. The Bertz CT molecular complexity index is 739. The Balaban J connectivity index is 2.64. The first-order chi connectivity index (χ1) is 10.2. The van der Waals surface area contributed by atoms with Crippen LogP contribution in [0, 0.1) is 6.92 Å². The van der Waals surface area contributed by atoms with E-state index in [9.17, 15) is 9.59 Å². The molecule has 0 bridgehead atoms. The molecule has 2 aromatic rings. The Morgan fingerprint density at radius 1 is 1.36 bits per heavy atom. The first-order valence-electron chi connectivity index (χ1n) is 6.86. The fourth-order valence-electron chi connectivity index (χ4n) is 2.11. The number of hydrogen-bond acceptors (Lipinski definition) is 5. The lowest BCUT2D eigenvalue weighted by atomic mass is 10.2. The molecule has 0 saturated carbocycles. The molecule has 0 N–H and O–H groups in total. The number of aromatic nitrogens is 1. The van der Waals surface area contributed by atoms with E-state index in [-0.39, 0.29) is 12.3 Å². The van der Waals surface area contributed by atoms with Crippen LogP contribution in [0.1, 0.15) is 43.7 Å². The highest BCUT2D eigenvalue weighted by Crippen LogP contribution is 2.36. The van der Waals surface area contributed by atoms with Gasteiger partial charge in [-0.25, -0.2) is 14.2 Å². The van der Waals surface area contributed by atoms with E-state index >= 15 is 0 Å². The van der Waals surface area contributed by atoms with Gasteiger partial charge in [0.05, 0.1) is 10.4 Å². The standard InChI is InChI=1S/C15H18BrNO4S/c1-6-20-13(18)11-8(2)9-7-10(16)22-12(9)17(11)14(19)21-15(3,4)5/h7H,6H2,1-5H3. The molecule has 0 aliphatic carbocycles. The van der Waals surface area contributed by atoms with Crippen molar-refractivity contribution in [3.05, 3.63) is 21.1 Å². The van der Waals surface area contributed by atoms with Gasteiger partial charge < -0.3 is 9.47 Å². The van der Waals surface area contributed by atoms with Gasteiger partial charge in [0.1, 0.15) is 16.1 Å². The van der Waals surface area contributed by atoms with E-state index in [2.05, 4.69) is 15.9 Å². The number of esters is 1. The fraction of sp³-hybridized carbons (Fsp3) is 0.467. The zero-order chi connectivity index (χ0) is 16.7. The molecule has 2 aromatic heterocycles. The summed E-state index contributed by atoms with van der Waals surface area (Å²) in [5, 5.41) is 0.839. The van der Waals surface area contributed by atoms with E-state index in [1.54, 1.807) is 34.6 Å². The highest BCUT2D eigenvalue weighted by Gasteiger charge is 2.29. The number of rotatable bonds is 2. The largest absolute Gasteiger partial charge is 0.461 e. The van der Waals surface area contributed by atoms with Crippen LogP contribution >= 0.6 is 27.3 Å². The Morgan fingerprint density at radius 3 is 2.55 bits per heavy atom. The summed E-state index contributed by atoms with van der Waals surface area (Å²) in [5.41, 5.74) is 0.285. The highest BCUT2D eigenvalue weighted by atomic mass is 79.9. The number of carbonyl (C=O) groups is 2. The molecule has 0 saturated heterocycles. The first kappa shape index (κ1) is 17.0. The van der Waals surface area contributed by atoms with Crippen molar-refractivity contribution >= 4 is 49.5 Å². The van der Waals surface area contributed by atoms with Gasteiger partial charge in [-0.1, -0.05) is 0 Å². The molecule has 0 amide bonds. The predicted octanol–water partition coefficient (Wildman–Crippen LogP) is 4.73. The van der Waals surface area contributed by atoms with E-state index in [4.69, 9.17) is 9.47 Å². The molecule has 120 valence electrons. The van der Waals surface area contributed by atoms with Crippen LogP contribution in [0.5, 0.6) is 0 Å². The van der Waals surface area contributed by atoms with Crippen molar-refractivity contribution in [2.24, 2.45) is 0 Å². The van der Waals surface area contributed by atoms with Gasteiger partial charge in [-0.15, -0.1) is 11.3 Å². The van der Waals surface area contributed by atoms with Crippen LogP contribution in [-0.4, -0.2) is 28.8 Å². The fourth-order valence-corrected chi connectivity index (χ4v) is 3.74. The molecule has 0 radical (unpaired) electrons. The van der Waals surface area contributed by atoms with Gasteiger partial charge in [0, 0.05) is 5.39 Å². The molecule has 2 rings (SSSR count). The topological polar surface area (TPSA) is 57.5 Å². The van der Waals surface area contributed by atoms with Gasteiger partial charge in [-0.2, -0.15) is 0 Å². The van der Waals surface area contributed by atoms with Crippen LogP contribution in [0.2, 0.25) is 0 Å². The normalized spacial score (nSPS) is 11.7. The third-order valence-corrected chi connectivity index (χ3v) is 4.54. The number of fused-ring (bicyclic) bond motifs is 1. The van der Waals surface area contributed by atoms with Gasteiger partial charge in [-0.05, 0) is 62.2 Å². The average Bonchev–Trinajstić information content (AvgIpc) is 2.84. The van der Waals surface area contributed by atoms with Crippen LogP contribution < -0.4 is 0 Å². The second-order valence-corrected chi connectivity index (χ2v) is 8.19. The second-order valence-electron chi connectivity index (χ2n) is 5.78. The maximum atomic E-state index is 12.6. The van der Waals surface area contributed by atoms with E-state index in [0.717, 1.165) is 9.17 Å². The molecule has 2 heterocycles. The number of hydrogen-bond donors (Lipinski definition) is 0. The van der Waals surface area contributed by atoms with Crippen molar-refractivity contribution in [1.29, 1.82) is 0 Å². The molecule has 0 fully saturated rings. The van der Waals surface area contributed by atoms with Crippen molar-refractivity contribution in [3.63, 3.8) is 0 Å². The number of aryl methyl sites for hydroxylation is 1. The lowest BCUT2D eigenvalue weighted by molar-refractivity contribution is 0.0453. The van der Waals surface area contributed by atoms with E-state index in [1.807, 2.05) is 6.07 Å². The molecule has 0 atom stereocenters. The summed E-state index contributed by atoms with van der Waals surface area (Å²) in [6, 6.07) is 1.89. The lowest BCUT2D eigenvalue weighted by Crippen LogP contribution is -2.29. The molecule has 0 spiro atoms. The summed E-state index contributed by atoms with van der Waals surface area (Å²) in [7, 11) is 0. The number of nitrogens with zero attached hydrogens (tertiary/aromatic N) is 1. The minimum Gasteiger partial charge on any atom is -0.461 e. The van der Waals surface area contributed by atoms with Gasteiger partial charge in [0.25, 0.3) is 0 Å². The smallest absolute Gasteiger partial charge is 0.420 e. The van der Waals surface area contributed by atoms with Gasteiger partial charge in [0.2, 0.25) is 0 Å². The summed E-state index contributed by atoms with van der Waals surface area (Å²) in [5.74, 6) is -0.523. The monoisotopic (exact) mass is 387 g/mol. The van der Waals surface area contributed by atoms with E-state index in [1.165, 1.54) is 15.9 Å². The average molecular weight is 388 g/mol. The summed E-state index contributed by atoms with van der Waals surface area (Å²) in [6.07, 6.45) is -0.581. The van der Waals surface area contributed by atoms with Crippen molar-refractivity contribution in [2.75, 3.05) is 6.61 Å². The molecule has 22 heavy (non-hydrogen) atoms. The third kappa shape index (κ3) is 3.20. The summed E-state index contributed by atoms with van der Waals surface area (Å²) in [6.45, 7) is 9.13. The Morgan fingerprint density at radius 2 is 2.00 bits per heavy atom. The zero-order valence-corrected chi connectivity index (χ0v) is 15.6. The number of carbonyl (C=O) groups excluding carboxylic acids is 2. The quantitative estimate of drug-likeness (QED) is 0.698. The van der Waals surface area contributed by atoms with Gasteiger partial charge >= 0.3 is 12.1 Å². The van der Waals surface area contributed by atoms with E-state index in [0.29, 0.717) is 10.4 Å². The van der Waals surface area contributed by atoms with Crippen LogP contribution in [0.15, 0.2) is 9.85 Å². The third-order valence-electron chi connectivity index (χ3n) is 2.91. The molecule has 5 nitrogen and oxygen atoms in total. The molecular formula is C15H18BrNO4S. The highest BCUT2D eigenvalue weighted by molar-refractivity contribution is 9.11. The van der Waals surface area contributed by atoms with Crippen LogP contribution in [0.4, 0.5) is 4.79 Å². The maximum absolute atomic E-state index is 12.6. The molecule has 0 unspecified atom stereocenters. The number of halogens is 1.